The summed E-state index contributed by atoms with van der Waals surface area (Å²) in [4.78, 5) is 4.82. The molecule has 0 amide bonds. The average molecular weight is 388 g/mol. The predicted octanol–water partition coefficient (Wildman–Crippen LogP) is 2.33. The number of rotatable bonds is 4. The van der Waals surface area contributed by atoms with E-state index in [2.05, 4.69) is 31.4 Å². The van der Waals surface area contributed by atoms with E-state index in [4.69, 9.17) is 31.8 Å². The van der Waals surface area contributed by atoms with Crippen LogP contribution in [-0.4, -0.2) is 45.2 Å². The minimum atomic E-state index is 0.230. The summed E-state index contributed by atoms with van der Waals surface area (Å²) >= 11 is 5.32. The van der Waals surface area contributed by atoms with E-state index in [1.165, 1.54) is 0 Å². The van der Waals surface area contributed by atoms with Crippen LogP contribution in [-0.2, 0) is 6.42 Å². The molecule has 2 N–H and O–H groups in total. The normalized spacial score (nSPS) is 21.7. The fourth-order valence-corrected chi connectivity index (χ4v) is 3.83. The van der Waals surface area contributed by atoms with Crippen LogP contribution in [0.5, 0.6) is 11.5 Å². The zero-order chi connectivity index (χ0) is 19.0. The van der Waals surface area contributed by atoms with E-state index >= 15 is 0 Å². The maximum atomic E-state index is 5.73. The monoisotopic (exact) mass is 387 g/mol. The third kappa shape index (κ3) is 3.85. The third-order valence-corrected chi connectivity index (χ3v) is 4.99. The summed E-state index contributed by atoms with van der Waals surface area (Å²) in [5, 5.41) is 12.1. The zero-order valence-electron chi connectivity index (χ0n) is 15.9. The van der Waals surface area contributed by atoms with Crippen LogP contribution in [0.1, 0.15) is 44.8 Å². The fraction of sp³-hybridized carbons (Fsp3) is 0.526. The van der Waals surface area contributed by atoms with Gasteiger partial charge in [-0.1, -0.05) is 13.8 Å². The smallest absolute Gasteiger partial charge is 0.166 e. The Hall–Kier alpha value is -2.35. The van der Waals surface area contributed by atoms with Crippen molar-refractivity contribution in [1.29, 1.82) is 0 Å². The second kappa shape index (κ2) is 7.34. The van der Waals surface area contributed by atoms with Crippen molar-refractivity contribution in [1.82, 2.24) is 25.4 Å². The first-order chi connectivity index (χ1) is 13.0. The molecule has 4 rings (SSSR count). The van der Waals surface area contributed by atoms with E-state index < -0.39 is 0 Å². The van der Waals surface area contributed by atoms with Gasteiger partial charge in [0.15, 0.2) is 22.4 Å². The molecule has 8 heteroatoms. The van der Waals surface area contributed by atoms with E-state index in [1.54, 1.807) is 0 Å². The lowest BCUT2D eigenvalue weighted by Crippen LogP contribution is -2.54. The van der Waals surface area contributed by atoms with Crippen molar-refractivity contribution in [3.05, 3.63) is 29.8 Å². The molecule has 1 aromatic carbocycles. The Kier molecular flexibility index (Phi) is 4.90. The summed E-state index contributed by atoms with van der Waals surface area (Å²) in [5.74, 6) is 3.54. The maximum absolute atomic E-state index is 5.73. The molecule has 0 aliphatic carbocycles. The molecule has 2 aliphatic rings. The summed E-state index contributed by atoms with van der Waals surface area (Å²) in [6.07, 6.45) is 1.73. The number of benzene rings is 1. The van der Waals surface area contributed by atoms with Crippen LogP contribution in [0.3, 0.4) is 0 Å². The molecule has 1 fully saturated rings. The van der Waals surface area contributed by atoms with Crippen LogP contribution in [0.2, 0.25) is 0 Å². The molecular weight excluding hydrogens is 362 g/mol. The van der Waals surface area contributed by atoms with Crippen LogP contribution in [0, 0.1) is 0 Å². The molecule has 0 spiro atoms. The van der Waals surface area contributed by atoms with Gasteiger partial charge in [-0.3, -0.25) is 0 Å². The van der Waals surface area contributed by atoms with Crippen molar-refractivity contribution >= 4 is 17.3 Å². The first-order valence-electron chi connectivity index (χ1n) is 9.42. The molecule has 2 aliphatic heterocycles. The van der Waals surface area contributed by atoms with Gasteiger partial charge < -0.3 is 20.1 Å². The molecule has 0 bridgehead atoms. The van der Waals surface area contributed by atoms with Crippen molar-refractivity contribution in [3.8, 4) is 17.2 Å². The second-order valence-electron chi connectivity index (χ2n) is 7.44. The molecule has 144 valence electrons. The molecule has 0 unspecified atom stereocenters. The molecule has 1 saturated heterocycles. The van der Waals surface area contributed by atoms with E-state index in [0.29, 0.717) is 24.4 Å². The lowest BCUT2D eigenvalue weighted by atomic mass is 10.0. The quantitative estimate of drug-likeness (QED) is 0.780. The van der Waals surface area contributed by atoms with Gasteiger partial charge in [0.25, 0.3) is 0 Å². The number of thiocarbonyl (C=S) groups is 1. The minimum Gasteiger partial charge on any atom is -0.486 e. The summed E-state index contributed by atoms with van der Waals surface area (Å²) in [6, 6.07) is 6.48. The largest absolute Gasteiger partial charge is 0.486 e. The highest BCUT2D eigenvalue weighted by Gasteiger charge is 2.25. The van der Waals surface area contributed by atoms with Crippen LogP contribution >= 0.6 is 12.2 Å². The van der Waals surface area contributed by atoms with Crippen molar-refractivity contribution < 1.29 is 9.47 Å². The Morgan fingerprint density at radius 1 is 1.22 bits per heavy atom. The van der Waals surface area contributed by atoms with E-state index in [1.807, 2.05) is 22.9 Å². The van der Waals surface area contributed by atoms with Gasteiger partial charge in [0.2, 0.25) is 0 Å². The van der Waals surface area contributed by atoms with Crippen LogP contribution in [0.4, 0.5) is 0 Å². The lowest BCUT2D eigenvalue weighted by Gasteiger charge is -2.31. The number of nitrogens with one attached hydrogen (secondary N) is 2. The SMILES string of the molecule is CC(C)c1nc(C[C@@H]2C[C@@H](C)NC(=S)N2)n(-c2ccc3c(c2)OCCO3)n1. The molecule has 2 atom stereocenters. The molecule has 2 aromatic rings. The number of hydrogen-bond donors (Lipinski definition) is 2. The summed E-state index contributed by atoms with van der Waals surface area (Å²) in [7, 11) is 0. The van der Waals surface area contributed by atoms with Gasteiger partial charge in [-0.2, -0.15) is 5.10 Å². The van der Waals surface area contributed by atoms with Gasteiger partial charge >= 0.3 is 0 Å². The molecule has 0 saturated carbocycles. The minimum absolute atomic E-state index is 0.230. The number of aromatic nitrogens is 3. The predicted molar refractivity (Wildman–Crippen MR) is 107 cm³/mol. The second-order valence-corrected chi connectivity index (χ2v) is 7.84. The number of nitrogens with zero attached hydrogens (tertiary/aromatic N) is 3. The number of ether oxygens (including phenoxy) is 2. The topological polar surface area (TPSA) is 73.2 Å². The fourth-order valence-electron chi connectivity index (χ4n) is 3.46. The highest BCUT2D eigenvalue weighted by Crippen LogP contribution is 2.32. The first-order valence-corrected chi connectivity index (χ1v) is 9.83. The van der Waals surface area contributed by atoms with Gasteiger partial charge in [-0.25, -0.2) is 9.67 Å². The Balaban J connectivity index is 1.66. The van der Waals surface area contributed by atoms with Crippen LogP contribution in [0.15, 0.2) is 18.2 Å². The van der Waals surface area contributed by atoms with Gasteiger partial charge in [0, 0.05) is 30.5 Å². The highest BCUT2D eigenvalue weighted by atomic mass is 32.1. The number of fused-ring (bicyclic) bond motifs is 1. The van der Waals surface area contributed by atoms with E-state index in [-0.39, 0.29) is 12.0 Å². The Morgan fingerprint density at radius 2 is 2.00 bits per heavy atom. The van der Waals surface area contributed by atoms with Crippen molar-refractivity contribution in [2.45, 2.75) is 51.6 Å². The summed E-state index contributed by atoms with van der Waals surface area (Å²) in [5.41, 5.74) is 0.929. The first kappa shape index (κ1) is 18.0. The van der Waals surface area contributed by atoms with Crippen LogP contribution < -0.4 is 20.1 Å². The molecule has 1 aromatic heterocycles. The highest BCUT2D eigenvalue weighted by molar-refractivity contribution is 7.80. The van der Waals surface area contributed by atoms with Gasteiger partial charge in [-0.15, -0.1) is 0 Å². The molecule has 7 nitrogen and oxygen atoms in total. The zero-order valence-corrected chi connectivity index (χ0v) is 16.7. The maximum Gasteiger partial charge on any atom is 0.166 e. The lowest BCUT2D eigenvalue weighted by molar-refractivity contribution is 0.171. The molecule has 0 radical (unpaired) electrons. The Bertz CT molecular complexity index is 851. The average Bonchev–Trinajstić information content (AvgIpc) is 3.04. The molecule has 27 heavy (non-hydrogen) atoms. The van der Waals surface area contributed by atoms with E-state index in [9.17, 15) is 0 Å². The third-order valence-electron chi connectivity index (χ3n) is 4.76. The Labute approximate surface area is 164 Å². The Morgan fingerprint density at radius 3 is 2.74 bits per heavy atom. The van der Waals surface area contributed by atoms with Gasteiger partial charge in [0.05, 0.1) is 5.69 Å². The molecular formula is C19H25N5O2S. The molecule has 3 heterocycles. The van der Waals surface area contributed by atoms with Crippen LogP contribution in [0.25, 0.3) is 5.69 Å². The van der Waals surface area contributed by atoms with Crippen molar-refractivity contribution in [2.75, 3.05) is 13.2 Å². The summed E-state index contributed by atoms with van der Waals surface area (Å²) < 4.78 is 13.3. The van der Waals surface area contributed by atoms with Gasteiger partial charge in [0.1, 0.15) is 19.0 Å². The van der Waals surface area contributed by atoms with Crippen molar-refractivity contribution in [2.24, 2.45) is 0 Å². The van der Waals surface area contributed by atoms with E-state index in [0.717, 1.165) is 41.7 Å². The standard InChI is InChI=1S/C19H25N5O2S/c1-11(2)18-22-17(9-13-8-12(3)20-19(27)21-13)24(23-18)14-4-5-15-16(10-14)26-7-6-25-15/h4-5,10-13H,6-9H2,1-3H3,(H2,20,21,27)/t12-,13+/m1/s1. The van der Waals surface area contributed by atoms with Gasteiger partial charge in [-0.05, 0) is 37.7 Å². The summed E-state index contributed by atoms with van der Waals surface area (Å²) in [6.45, 7) is 7.50. The van der Waals surface area contributed by atoms with Crippen molar-refractivity contribution in [3.63, 3.8) is 0 Å². The number of hydrogen-bond acceptors (Lipinski definition) is 5.